The van der Waals surface area contributed by atoms with Crippen molar-refractivity contribution in [2.24, 2.45) is 0 Å². The van der Waals surface area contributed by atoms with Gasteiger partial charge in [-0.15, -0.1) is 0 Å². The molecule has 6 heteroatoms. The molecule has 0 radical (unpaired) electrons. The minimum Gasteiger partial charge on any atom is -0.359 e. The van der Waals surface area contributed by atoms with Crippen molar-refractivity contribution in [2.45, 2.75) is 31.7 Å². The van der Waals surface area contributed by atoms with Crippen molar-refractivity contribution in [1.29, 1.82) is 0 Å². The van der Waals surface area contributed by atoms with Crippen LogP contribution in [0.25, 0.3) is 10.2 Å². The van der Waals surface area contributed by atoms with Gasteiger partial charge in [0.2, 0.25) is 0 Å². The van der Waals surface area contributed by atoms with Gasteiger partial charge in [0.25, 0.3) is 0 Å². The van der Waals surface area contributed by atoms with Crippen molar-refractivity contribution >= 4 is 61.5 Å². The van der Waals surface area contributed by atoms with Crippen LogP contribution in [0.1, 0.15) is 25.7 Å². The van der Waals surface area contributed by atoms with Crippen LogP contribution < -0.4 is 5.32 Å². The Hall–Kier alpha value is -0.220. The van der Waals surface area contributed by atoms with E-state index < -0.39 is 0 Å². The van der Waals surface area contributed by atoms with Gasteiger partial charge < -0.3 is 5.32 Å². The molecule has 0 spiro atoms. The highest BCUT2D eigenvalue weighted by Crippen LogP contribution is 2.41. The maximum Gasteiger partial charge on any atom is 0.184 e. The zero-order valence-electron chi connectivity index (χ0n) is 9.47. The molecular weight excluding hydrogens is 311 g/mol. The Morgan fingerprint density at radius 1 is 1.17 bits per heavy atom. The second kappa shape index (κ2) is 5.04. The van der Waals surface area contributed by atoms with Crippen molar-refractivity contribution in [2.75, 3.05) is 5.32 Å². The summed E-state index contributed by atoms with van der Waals surface area (Å²) in [5, 5.41) is 5.89. The minimum atomic E-state index is 0.477. The quantitative estimate of drug-likeness (QED) is 0.727. The maximum absolute atomic E-state index is 6.18. The summed E-state index contributed by atoms with van der Waals surface area (Å²) in [6, 6.07) is 2.17. The van der Waals surface area contributed by atoms with Gasteiger partial charge in [0.15, 0.2) is 5.13 Å². The van der Waals surface area contributed by atoms with Crippen LogP contribution in [0.4, 0.5) is 5.13 Å². The molecule has 96 valence electrons. The molecule has 2 aromatic rings. The molecule has 0 unspecified atom stereocenters. The summed E-state index contributed by atoms with van der Waals surface area (Å²) in [4.78, 5) is 4.51. The van der Waals surface area contributed by atoms with E-state index in [1.807, 2.05) is 0 Å². The van der Waals surface area contributed by atoms with E-state index in [9.17, 15) is 0 Å². The summed E-state index contributed by atoms with van der Waals surface area (Å²) in [6.07, 6.45) is 4.99. The summed E-state index contributed by atoms with van der Waals surface area (Å²) in [5.74, 6) is 0. The largest absolute Gasteiger partial charge is 0.359 e. The van der Waals surface area contributed by atoms with Crippen molar-refractivity contribution in [1.82, 2.24) is 4.98 Å². The van der Waals surface area contributed by atoms with E-state index in [4.69, 9.17) is 34.8 Å². The standard InChI is InChI=1S/C12H11Cl3N2S/c13-7-5-8(14)10-11(9(7)15)18-12(17-10)16-6-3-1-2-4-6/h5-6H,1-4H2,(H,16,17). The zero-order valence-corrected chi connectivity index (χ0v) is 12.6. The van der Waals surface area contributed by atoms with Gasteiger partial charge in [-0.25, -0.2) is 4.98 Å². The first-order chi connectivity index (χ1) is 8.65. The van der Waals surface area contributed by atoms with Gasteiger partial charge in [-0.2, -0.15) is 0 Å². The molecular formula is C12H11Cl3N2S. The van der Waals surface area contributed by atoms with E-state index in [1.54, 1.807) is 6.07 Å². The third kappa shape index (κ3) is 2.29. The van der Waals surface area contributed by atoms with Gasteiger partial charge in [-0.1, -0.05) is 59.0 Å². The van der Waals surface area contributed by atoms with Gasteiger partial charge in [0, 0.05) is 6.04 Å². The first-order valence-electron chi connectivity index (χ1n) is 5.85. The van der Waals surface area contributed by atoms with Crippen LogP contribution >= 0.6 is 46.1 Å². The average molecular weight is 322 g/mol. The molecule has 2 nitrogen and oxygen atoms in total. The number of hydrogen-bond acceptors (Lipinski definition) is 3. The zero-order chi connectivity index (χ0) is 12.7. The number of fused-ring (bicyclic) bond motifs is 1. The molecule has 0 bridgehead atoms. The molecule has 1 saturated carbocycles. The third-order valence-corrected chi connectivity index (χ3v) is 5.39. The summed E-state index contributed by atoms with van der Waals surface area (Å²) in [7, 11) is 0. The van der Waals surface area contributed by atoms with E-state index in [0.29, 0.717) is 21.1 Å². The molecule has 1 aliphatic carbocycles. The van der Waals surface area contributed by atoms with Crippen LogP contribution in [0, 0.1) is 0 Å². The van der Waals surface area contributed by atoms with Crippen molar-refractivity contribution < 1.29 is 0 Å². The number of anilines is 1. The van der Waals surface area contributed by atoms with E-state index >= 15 is 0 Å². The fourth-order valence-corrected chi connectivity index (χ4v) is 4.17. The van der Waals surface area contributed by atoms with Crippen LogP contribution in [-0.2, 0) is 0 Å². The number of rotatable bonds is 2. The Morgan fingerprint density at radius 2 is 1.89 bits per heavy atom. The lowest BCUT2D eigenvalue weighted by Crippen LogP contribution is -2.13. The first kappa shape index (κ1) is 12.8. The third-order valence-electron chi connectivity index (χ3n) is 3.20. The van der Waals surface area contributed by atoms with Crippen molar-refractivity contribution in [3.8, 4) is 0 Å². The number of nitrogens with zero attached hydrogens (tertiary/aromatic N) is 1. The summed E-state index contributed by atoms with van der Waals surface area (Å²) >= 11 is 19.8. The number of nitrogens with one attached hydrogen (secondary N) is 1. The molecule has 1 aromatic carbocycles. The first-order valence-corrected chi connectivity index (χ1v) is 7.81. The molecule has 1 N–H and O–H groups in total. The minimum absolute atomic E-state index is 0.477. The molecule has 1 fully saturated rings. The normalized spacial score (nSPS) is 16.6. The van der Waals surface area contributed by atoms with Gasteiger partial charge in [-0.05, 0) is 18.9 Å². The highest BCUT2D eigenvalue weighted by atomic mass is 35.5. The lowest BCUT2D eigenvalue weighted by Gasteiger charge is -2.09. The van der Waals surface area contributed by atoms with Crippen LogP contribution in [0.5, 0.6) is 0 Å². The van der Waals surface area contributed by atoms with Crippen molar-refractivity contribution in [3.63, 3.8) is 0 Å². The van der Waals surface area contributed by atoms with E-state index in [1.165, 1.54) is 37.0 Å². The number of benzene rings is 1. The summed E-state index contributed by atoms with van der Waals surface area (Å²) in [5.41, 5.74) is 0.733. The number of thiazole rings is 1. The molecule has 1 heterocycles. The smallest absolute Gasteiger partial charge is 0.184 e. The van der Waals surface area contributed by atoms with Crippen LogP contribution in [-0.4, -0.2) is 11.0 Å². The lowest BCUT2D eigenvalue weighted by atomic mass is 10.3. The molecule has 0 saturated heterocycles. The number of hydrogen-bond donors (Lipinski definition) is 1. The molecule has 1 aliphatic rings. The summed E-state index contributed by atoms with van der Waals surface area (Å²) < 4.78 is 0.856. The molecule has 0 amide bonds. The predicted molar refractivity (Wildman–Crippen MR) is 80.5 cm³/mol. The Bertz CT molecular complexity index is 591. The SMILES string of the molecule is Clc1cc(Cl)c2nc(NC3CCCC3)sc2c1Cl. The molecule has 3 rings (SSSR count). The number of halogens is 3. The Labute approximate surface area is 124 Å². The second-order valence-corrected chi connectivity index (χ2v) is 6.67. The van der Waals surface area contributed by atoms with Gasteiger partial charge >= 0.3 is 0 Å². The fourth-order valence-electron chi connectivity index (χ4n) is 2.29. The van der Waals surface area contributed by atoms with Crippen LogP contribution in [0.3, 0.4) is 0 Å². The van der Waals surface area contributed by atoms with E-state index in [0.717, 1.165) is 15.3 Å². The van der Waals surface area contributed by atoms with Gasteiger partial charge in [0.1, 0.15) is 5.52 Å². The summed E-state index contributed by atoms with van der Waals surface area (Å²) in [6.45, 7) is 0. The Morgan fingerprint density at radius 3 is 2.61 bits per heavy atom. The van der Waals surface area contributed by atoms with Crippen molar-refractivity contribution in [3.05, 3.63) is 21.1 Å². The molecule has 0 atom stereocenters. The fraction of sp³-hybridized carbons (Fsp3) is 0.417. The number of aromatic nitrogens is 1. The Kier molecular flexibility index (Phi) is 3.59. The Balaban J connectivity index is 1.99. The molecule has 1 aromatic heterocycles. The highest BCUT2D eigenvalue weighted by Gasteiger charge is 2.18. The molecule has 0 aliphatic heterocycles. The topological polar surface area (TPSA) is 24.9 Å². The van der Waals surface area contributed by atoms with Gasteiger partial charge in [0.05, 0.1) is 19.8 Å². The highest BCUT2D eigenvalue weighted by molar-refractivity contribution is 7.23. The molecule has 18 heavy (non-hydrogen) atoms. The lowest BCUT2D eigenvalue weighted by molar-refractivity contribution is 0.754. The monoisotopic (exact) mass is 320 g/mol. The van der Waals surface area contributed by atoms with E-state index in [2.05, 4.69) is 10.3 Å². The predicted octanol–water partition coefficient (Wildman–Crippen LogP) is 5.61. The van der Waals surface area contributed by atoms with Crippen LogP contribution in [0.2, 0.25) is 15.1 Å². The van der Waals surface area contributed by atoms with Crippen LogP contribution in [0.15, 0.2) is 6.07 Å². The average Bonchev–Trinajstić information content (AvgIpc) is 2.96. The van der Waals surface area contributed by atoms with E-state index in [-0.39, 0.29) is 0 Å². The maximum atomic E-state index is 6.18. The second-order valence-electron chi connectivity index (χ2n) is 4.48. The van der Waals surface area contributed by atoms with Gasteiger partial charge in [-0.3, -0.25) is 0 Å².